The Morgan fingerprint density at radius 2 is 1.62 bits per heavy atom. The Hall–Kier alpha value is -1.71. The van der Waals surface area contributed by atoms with Gasteiger partial charge in [0.1, 0.15) is 0 Å². The zero-order chi connectivity index (χ0) is 20.8. The number of carbonyl (C=O) groups is 1. The predicted molar refractivity (Wildman–Crippen MR) is 101 cm³/mol. The van der Waals surface area contributed by atoms with Gasteiger partial charge in [0.2, 0.25) is 0 Å². The summed E-state index contributed by atoms with van der Waals surface area (Å²) >= 11 is 13.0. The number of carboxylic acids is 1. The van der Waals surface area contributed by atoms with E-state index in [4.69, 9.17) is 27.3 Å². The Morgan fingerprint density at radius 1 is 1.08 bits per heavy atom. The quantitative estimate of drug-likeness (QED) is 0.679. The van der Waals surface area contributed by atoms with Crippen molar-refractivity contribution in [3.05, 3.63) is 56.0 Å². The van der Waals surface area contributed by atoms with Crippen molar-refractivity contribution < 1.29 is 14.0 Å². The molecule has 0 spiro atoms. The molecule has 2 aromatic carbocycles. The lowest BCUT2D eigenvalue weighted by molar-refractivity contribution is -0.138. The second kappa shape index (κ2) is 7.04. The van der Waals surface area contributed by atoms with Crippen LogP contribution in [0, 0.1) is 27.7 Å². The van der Waals surface area contributed by atoms with Crippen LogP contribution in [0.15, 0.2) is 18.1 Å². The molecule has 2 N–H and O–H groups in total. The molecule has 0 radical (unpaired) electrons. The van der Waals surface area contributed by atoms with Gasteiger partial charge in [0, 0.05) is 5.69 Å². The van der Waals surface area contributed by atoms with Crippen LogP contribution in [-0.4, -0.2) is 11.1 Å². The number of hydrogen-bond donors (Lipinski definition) is 2. The van der Waals surface area contributed by atoms with Crippen molar-refractivity contribution in [3.63, 3.8) is 0 Å². The van der Waals surface area contributed by atoms with Crippen molar-refractivity contribution in [2.45, 2.75) is 40.5 Å². The molecule has 0 aliphatic carbocycles. The normalized spacial score (nSPS) is 13.9. The third-order valence-electron chi connectivity index (χ3n) is 4.37. The number of benzene rings is 2. The van der Waals surface area contributed by atoms with E-state index in [9.17, 15) is 9.90 Å². The maximum Gasteiger partial charge on any atom is 0.310 e. The van der Waals surface area contributed by atoms with E-state index in [0.29, 0.717) is 21.3 Å². The third-order valence-corrected chi connectivity index (χ3v) is 5.31. The Kier molecular flexibility index (Phi) is 4.29. The van der Waals surface area contributed by atoms with Crippen molar-refractivity contribution >= 4 is 40.5 Å². The molecule has 0 aliphatic rings. The minimum atomic E-state index is -1.13. The molecule has 0 amide bonds. The first-order valence-corrected chi connectivity index (χ1v) is 8.22. The van der Waals surface area contributed by atoms with E-state index >= 15 is 0 Å². The van der Waals surface area contributed by atoms with E-state index < -0.39 is 11.9 Å². The summed E-state index contributed by atoms with van der Waals surface area (Å²) in [5.41, 5.74) is 3.79. The molecule has 0 aliphatic heterocycles. The maximum atomic E-state index is 11.6. The van der Waals surface area contributed by atoms with Crippen LogP contribution in [0.3, 0.4) is 0 Å². The van der Waals surface area contributed by atoms with Gasteiger partial charge in [0.25, 0.3) is 0 Å². The number of nitrogens with one attached hydrogen (secondary N) is 1. The minimum absolute atomic E-state index is 0.129. The predicted octanol–water partition coefficient (Wildman–Crippen LogP) is 6.16. The van der Waals surface area contributed by atoms with Gasteiger partial charge in [0.05, 0.1) is 25.8 Å². The Bertz CT molecular complexity index is 932. The molecule has 0 fully saturated rings. The average molecular weight is 369 g/mol. The average Bonchev–Trinajstić information content (AvgIpc) is 2.63. The summed E-state index contributed by atoms with van der Waals surface area (Å²) in [6.07, 6.45) is 0. The highest BCUT2D eigenvalue weighted by molar-refractivity contribution is 6.40. The summed E-state index contributed by atoms with van der Waals surface area (Å²) in [5.74, 6) is -2.18. The molecule has 1 atom stereocenters. The number of hydrogen-bond acceptors (Lipinski definition) is 2. The fraction of sp³-hybridized carbons (Fsp3) is 0.316. The first-order valence-electron chi connectivity index (χ1n) is 8.96. The number of para-hydroxylation sites is 1. The van der Waals surface area contributed by atoms with Crippen LogP contribution in [-0.2, 0) is 4.79 Å². The smallest absolute Gasteiger partial charge is 0.310 e. The first-order chi connectivity index (χ1) is 12.4. The summed E-state index contributed by atoms with van der Waals surface area (Å²) in [7, 11) is 0. The Labute approximate surface area is 156 Å². The number of carboxylic acid groups (broad SMARTS) is 1. The Morgan fingerprint density at radius 3 is 2.12 bits per heavy atom. The molecule has 24 heavy (non-hydrogen) atoms. The van der Waals surface area contributed by atoms with Crippen molar-refractivity contribution in [1.82, 2.24) is 0 Å². The summed E-state index contributed by atoms with van der Waals surface area (Å²) < 4.78 is 24.3. The van der Waals surface area contributed by atoms with E-state index in [-0.39, 0.29) is 29.4 Å². The van der Waals surface area contributed by atoms with Gasteiger partial charge in [-0.1, -0.05) is 41.3 Å². The van der Waals surface area contributed by atoms with E-state index in [1.54, 1.807) is 6.92 Å². The van der Waals surface area contributed by atoms with E-state index in [2.05, 4.69) is 5.32 Å². The fourth-order valence-electron chi connectivity index (χ4n) is 2.45. The van der Waals surface area contributed by atoms with Gasteiger partial charge in [-0.2, -0.15) is 0 Å². The molecular formula is C19H21Cl2NO2. The zero-order valence-electron chi connectivity index (χ0n) is 17.2. The van der Waals surface area contributed by atoms with Gasteiger partial charge in [-0.05, 0) is 62.4 Å². The van der Waals surface area contributed by atoms with Crippen LogP contribution >= 0.6 is 23.2 Å². The lowest BCUT2D eigenvalue weighted by Gasteiger charge is -2.21. The molecule has 0 saturated heterocycles. The second-order valence-electron chi connectivity index (χ2n) is 5.85. The fourth-order valence-corrected chi connectivity index (χ4v) is 3.06. The maximum absolute atomic E-state index is 11.6. The Balaban J connectivity index is 2.84. The van der Waals surface area contributed by atoms with Crippen LogP contribution in [0.4, 0.5) is 11.4 Å². The molecule has 3 nitrogen and oxygen atoms in total. The van der Waals surface area contributed by atoms with Crippen LogP contribution in [0.1, 0.15) is 44.8 Å². The lowest BCUT2D eigenvalue weighted by Crippen LogP contribution is -2.11. The van der Waals surface area contributed by atoms with Crippen LogP contribution < -0.4 is 5.32 Å². The molecular weight excluding hydrogens is 345 g/mol. The number of anilines is 2. The highest BCUT2D eigenvalue weighted by atomic mass is 35.5. The van der Waals surface area contributed by atoms with Crippen LogP contribution in [0.5, 0.6) is 0 Å². The van der Waals surface area contributed by atoms with Gasteiger partial charge >= 0.3 is 5.97 Å². The summed E-state index contributed by atoms with van der Waals surface area (Å²) in [6, 6.07) is -0.748. The van der Waals surface area contributed by atoms with Crippen LogP contribution in [0.25, 0.3) is 0 Å². The van der Waals surface area contributed by atoms with E-state index in [1.165, 1.54) is 6.92 Å². The van der Waals surface area contributed by atoms with Gasteiger partial charge in [-0.3, -0.25) is 4.79 Å². The van der Waals surface area contributed by atoms with Crippen molar-refractivity contribution in [1.29, 1.82) is 0 Å². The van der Waals surface area contributed by atoms with E-state index in [1.807, 2.05) is 20.8 Å². The zero-order valence-corrected chi connectivity index (χ0v) is 15.7. The number of halogens is 2. The molecule has 2 aromatic rings. The number of rotatable bonds is 4. The molecule has 0 heterocycles. The lowest BCUT2D eigenvalue weighted by atomic mass is 9.96. The van der Waals surface area contributed by atoms with Crippen molar-refractivity contribution in [3.8, 4) is 0 Å². The molecule has 0 bridgehead atoms. The highest BCUT2D eigenvalue weighted by Crippen LogP contribution is 2.41. The number of aliphatic carboxylic acids is 1. The van der Waals surface area contributed by atoms with Gasteiger partial charge in [-0.15, -0.1) is 0 Å². The SMILES string of the molecule is [2H]c1c([2H])c(C)c(Nc2c(Cl)c(C)c(C)c(C)c2Cl)c(C(C)C(=O)O)c1[2H]. The molecule has 0 saturated carbocycles. The third kappa shape index (κ3) is 3.24. The van der Waals surface area contributed by atoms with Crippen LogP contribution in [0.2, 0.25) is 10.0 Å². The molecule has 2 rings (SSSR count). The van der Waals surface area contributed by atoms with Gasteiger partial charge < -0.3 is 10.4 Å². The monoisotopic (exact) mass is 368 g/mol. The molecule has 0 aromatic heterocycles. The van der Waals surface area contributed by atoms with E-state index in [0.717, 1.165) is 16.7 Å². The molecule has 128 valence electrons. The summed E-state index contributed by atoms with van der Waals surface area (Å²) in [4.78, 5) is 11.6. The minimum Gasteiger partial charge on any atom is -0.481 e. The molecule has 5 heteroatoms. The standard InChI is InChI=1S/C19H21Cl2NO2/c1-9-7-6-8-14(13(5)19(23)24)17(9)22-18-15(20)11(3)10(2)12(4)16(18)21/h6-8,13,22H,1-5H3,(H,23,24)/i6D,7D,8D. The topological polar surface area (TPSA) is 49.3 Å². The second-order valence-corrected chi connectivity index (χ2v) is 6.61. The van der Waals surface area contributed by atoms with Gasteiger partial charge in [0.15, 0.2) is 0 Å². The summed E-state index contributed by atoms with van der Waals surface area (Å²) in [6.45, 7) is 8.68. The largest absolute Gasteiger partial charge is 0.481 e. The van der Waals surface area contributed by atoms with Crippen molar-refractivity contribution in [2.24, 2.45) is 0 Å². The highest BCUT2D eigenvalue weighted by Gasteiger charge is 2.21. The van der Waals surface area contributed by atoms with Gasteiger partial charge in [-0.25, -0.2) is 0 Å². The van der Waals surface area contributed by atoms with Crippen molar-refractivity contribution in [2.75, 3.05) is 5.32 Å². The molecule has 1 unspecified atom stereocenters. The summed E-state index contributed by atoms with van der Waals surface area (Å²) in [5, 5.41) is 13.3. The first kappa shape index (κ1) is 14.6.